The number of unbranched alkanes of at least 4 members (excludes halogenated alkanes) is 42. The predicted molar refractivity (Wildman–Crippen MR) is 296 cm³/mol. The first-order valence-corrected chi connectivity index (χ1v) is 30.6. The molecular formula is C62H119NO5. The van der Waals surface area contributed by atoms with E-state index >= 15 is 0 Å². The van der Waals surface area contributed by atoms with Crippen molar-refractivity contribution in [2.24, 2.45) is 0 Å². The summed E-state index contributed by atoms with van der Waals surface area (Å²) in [4.78, 5) is 24.4. The van der Waals surface area contributed by atoms with Crippen molar-refractivity contribution in [3.8, 4) is 0 Å². The van der Waals surface area contributed by atoms with Gasteiger partial charge in [0.1, 0.15) is 0 Å². The zero-order chi connectivity index (χ0) is 49.3. The van der Waals surface area contributed by atoms with Crippen molar-refractivity contribution in [2.45, 2.75) is 347 Å². The number of allylic oxidation sites excluding steroid dienone is 4. The third-order valence-corrected chi connectivity index (χ3v) is 14.2. The highest BCUT2D eigenvalue weighted by atomic mass is 16.5. The number of aliphatic hydroxyl groups excluding tert-OH is 2. The average molecular weight is 959 g/mol. The lowest BCUT2D eigenvalue weighted by Crippen LogP contribution is -2.45. The van der Waals surface area contributed by atoms with Crippen molar-refractivity contribution in [3.05, 3.63) is 24.3 Å². The molecule has 402 valence electrons. The molecule has 0 aliphatic heterocycles. The number of hydrogen-bond donors (Lipinski definition) is 3. The van der Waals surface area contributed by atoms with Gasteiger partial charge in [-0.1, -0.05) is 269 Å². The Morgan fingerprint density at radius 3 is 1.07 bits per heavy atom. The fourth-order valence-corrected chi connectivity index (χ4v) is 9.51. The average Bonchev–Trinajstić information content (AvgIpc) is 3.34. The van der Waals surface area contributed by atoms with Crippen LogP contribution in [0.5, 0.6) is 0 Å². The number of amides is 1. The van der Waals surface area contributed by atoms with Crippen LogP contribution in [0.25, 0.3) is 0 Å². The highest BCUT2D eigenvalue weighted by Gasteiger charge is 2.20. The van der Waals surface area contributed by atoms with Crippen LogP contribution >= 0.6 is 0 Å². The first kappa shape index (κ1) is 66.3. The van der Waals surface area contributed by atoms with E-state index in [1.807, 2.05) is 0 Å². The van der Waals surface area contributed by atoms with E-state index in [4.69, 9.17) is 4.74 Å². The van der Waals surface area contributed by atoms with E-state index in [1.54, 1.807) is 0 Å². The van der Waals surface area contributed by atoms with Crippen LogP contribution in [-0.4, -0.2) is 47.4 Å². The summed E-state index contributed by atoms with van der Waals surface area (Å²) in [5.41, 5.74) is 0. The molecule has 0 radical (unpaired) electrons. The number of nitrogens with one attached hydrogen (secondary N) is 1. The summed E-state index contributed by atoms with van der Waals surface area (Å²) in [5.74, 6) is -0.0280. The molecule has 6 nitrogen and oxygen atoms in total. The minimum Gasteiger partial charge on any atom is -0.466 e. The Morgan fingerprint density at radius 1 is 0.397 bits per heavy atom. The van der Waals surface area contributed by atoms with Gasteiger partial charge in [0.25, 0.3) is 0 Å². The molecule has 0 aliphatic carbocycles. The van der Waals surface area contributed by atoms with Crippen LogP contribution in [0.4, 0.5) is 0 Å². The fourth-order valence-electron chi connectivity index (χ4n) is 9.51. The van der Waals surface area contributed by atoms with Crippen LogP contribution in [-0.2, 0) is 14.3 Å². The van der Waals surface area contributed by atoms with E-state index in [2.05, 4.69) is 43.5 Å². The number of rotatable bonds is 57. The van der Waals surface area contributed by atoms with E-state index in [0.717, 1.165) is 44.9 Å². The minimum atomic E-state index is -0.660. The van der Waals surface area contributed by atoms with Crippen molar-refractivity contribution < 1.29 is 24.5 Å². The van der Waals surface area contributed by atoms with Crippen LogP contribution < -0.4 is 5.32 Å². The van der Waals surface area contributed by atoms with Crippen LogP contribution in [0, 0.1) is 0 Å². The maximum absolute atomic E-state index is 12.4. The third kappa shape index (κ3) is 53.7. The van der Waals surface area contributed by atoms with Crippen LogP contribution in [0.1, 0.15) is 335 Å². The van der Waals surface area contributed by atoms with E-state index < -0.39 is 12.1 Å². The molecule has 0 rings (SSSR count). The molecular weight excluding hydrogens is 839 g/mol. The second-order valence-electron chi connectivity index (χ2n) is 21.0. The van der Waals surface area contributed by atoms with Gasteiger partial charge in [-0.05, 0) is 77.0 Å². The van der Waals surface area contributed by atoms with Crippen molar-refractivity contribution >= 4 is 11.9 Å². The van der Waals surface area contributed by atoms with Gasteiger partial charge < -0.3 is 20.3 Å². The molecule has 0 aromatic carbocycles. The molecule has 0 fully saturated rings. The van der Waals surface area contributed by atoms with Gasteiger partial charge in [0.15, 0.2) is 0 Å². The highest BCUT2D eigenvalue weighted by Crippen LogP contribution is 2.17. The Bertz CT molecular complexity index is 1060. The van der Waals surface area contributed by atoms with Gasteiger partial charge in [0, 0.05) is 12.8 Å². The van der Waals surface area contributed by atoms with E-state index in [0.29, 0.717) is 25.9 Å². The number of ether oxygens (including phenoxy) is 1. The predicted octanol–water partition coefficient (Wildman–Crippen LogP) is 19.0. The van der Waals surface area contributed by atoms with Crippen LogP contribution in [0.3, 0.4) is 0 Å². The number of aliphatic hydroxyl groups is 2. The summed E-state index contributed by atoms with van der Waals surface area (Å²) in [6, 6.07) is -0.537. The van der Waals surface area contributed by atoms with Gasteiger partial charge in [0.2, 0.25) is 5.91 Å². The Morgan fingerprint density at radius 2 is 0.691 bits per heavy atom. The topological polar surface area (TPSA) is 95.9 Å². The van der Waals surface area contributed by atoms with Crippen molar-refractivity contribution in [2.75, 3.05) is 13.2 Å². The number of esters is 1. The summed E-state index contributed by atoms with van der Waals surface area (Å²) in [6.45, 7) is 4.92. The maximum Gasteiger partial charge on any atom is 0.305 e. The normalized spacial score (nSPS) is 12.7. The number of carbonyl (C=O) groups is 2. The highest BCUT2D eigenvalue weighted by molar-refractivity contribution is 5.76. The van der Waals surface area contributed by atoms with Crippen LogP contribution in [0.2, 0.25) is 0 Å². The summed E-state index contributed by atoms with van der Waals surface area (Å²) in [6.07, 6.45) is 70.7. The zero-order valence-electron chi connectivity index (χ0n) is 45.9. The molecule has 0 spiro atoms. The summed E-state index contributed by atoms with van der Waals surface area (Å²) in [5, 5.41) is 23.1. The van der Waals surface area contributed by atoms with Crippen LogP contribution in [0.15, 0.2) is 24.3 Å². The van der Waals surface area contributed by atoms with E-state index in [1.165, 1.54) is 257 Å². The fraction of sp³-hybridized carbons (Fsp3) is 0.903. The first-order valence-electron chi connectivity index (χ1n) is 30.6. The number of hydrogen-bond acceptors (Lipinski definition) is 5. The van der Waals surface area contributed by atoms with Gasteiger partial charge in [0.05, 0.1) is 25.4 Å². The smallest absolute Gasteiger partial charge is 0.305 e. The van der Waals surface area contributed by atoms with Gasteiger partial charge >= 0.3 is 5.97 Å². The lowest BCUT2D eigenvalue weighted by Gasteiger charge is -2.22. The molecule has 0 aromatic rings. The summed E-state index contributed by atoms with van der Waals surface area (Å²) < 4.78 is 5.47. The molecule has 0 aromatic heterocycles. The largest absolute Gasteiger partial charge is 0.466 e. The lowest BCUT2D eigenvalue weighted by molar-refractivity contribution is -0.143. The van der Waals surface area contributed by atoms with Crippen molar-refractivity contribution in [1.82, 2.24) is 5.32 Å². The maximum atomic E-state index is 12.4. The quantitative estimate of drug-likeness (QED) is 0.0321. The molecule has 1 amide bonds. The molecule has 6 heteroatoms. The molecule has 0 bridgehead atoms. The van der Waals surface area contributed by atoms with E-state index in [9.17, 15) is 19.8 Å². The molecule has 2 unspecified atom stereocenters. The second-order valence-corrected chi connectivity index (χ2v) is 21.0. The first-order chi connectivity index (χ1) is 33.5. The van der Waals surface area contributed by atoms with Gasteiger partial charge in [-0.3, -0.25) is 9.59 Å². The monoisotopic (exact) mass is 958 g/mol. The third-order valence-electron chi connectivity index (χ3n) is 14.2. The lowest BCUT2D eigenvalue weighted by atomic mass is 10.0. The molecule has 3 N–H and O–H groups in total. The van der Waals surface area contributed by atoms with Gasteiger partial charge in [-0.2, -0.15) is 0 Å². The summed E-state index contributed by atoms with van der Waals surface area (Å²) >= 11 is 0. The molecule has 0 saturated carbocycles. The second kappa shape index (κ2) is 57.9. The molecule has 0 saturated heterocycles. The van der Waals surface area contributed by atoms with Gasteiger partial charge in [-0.15, -0.1) is 0 Å². The Labute approximate surface area is 424 Å². The van der Waals surface area contributed by atoms with Crippen molar-refractivity contribution in [3.63, 3.8) is 0 Å². The molecule has 0 aliphatic rings. The van der Waals surface area contributed by atoms with Gasteiger partial charge in [-0.25, -0.2) is 0 Å². The zero-order valence-corrected chi connectivity index (χ0v) is 45.9. The Hall–Kier alpha value is -1.66. The van der Waals surface area contributed by atoms with Crippen molar-refractivity contribution in [1.29, 1.82) is 0 Å². The molecule has 0 heterocycles. The molecule has 68 heavy (non-hydrogen) atoms. The standard InChI is InChI=1S/C62H119NO5/c1-3-5-7-9-11-13-14-36-40-44-48-52-56-62(67)68-57-53-49-45-41-37-34-32-30-28-26-24-22-20-18-16-15-17-19-21-23-25-27-29-31-33-35-39-43-47-51-55-61(66)63-59(58-64)60(65)54-50-46-42-38-12-10-8-6-4-2/h11,13,16,18,59-60,64-65H,3-10,12,14-15,17,19-58H2,1-2H3,(H,63,66)/b13-11-,18-16-. The Balaban J connectivity index is 3.33. The van der Waals surface area contributed by atoms with E-state index in [-0.39, 0.29) is 18.5 Å². The SMILES string of the molecule is CCCCC/C=C\CCCCCCCC(=O)OCCCCCCCCCCCCCC/C=C\CCCCCCCCCCCCCCCCC(=O)NC(CO)C(O)CCCCCCCCCCC. The minimum absolute atomic E-state index is 0.00695. The Kier molecular flexibility index (Phi) is 56.5. The number of carbonyl (C=O) groups excluding carboxylic acids is 2. The molecule has 2 atom stereocenters. The summed E-state index contributed by atoms with van der Waals surface area (Å²) in [7, 11) is 0.